The normalized spacial score (nSPS) is 11.4. The van der Waals surface area contributed by atoms with Gasteiger partial charge in [-0.1, -0.05) is 23.7 Å². The summed E-state index contributed by atoms with van der Waals surface area (Å²) >= 11 is 6.91. The Morgan fingerprint density at radius 2 is 1.94 bits per heavy atom. The third kappa shape index (κ3) is 2.84. The Kier molecular flexibility index (Phi) is 3.91. The highest BCUT2D eigenvalue weighted by Crippen LogP contribution is 2.27. The third-order valence-corrected chi connectivity index (χ3v) is 5.43. The number of para-hydroxylation sites is 1. The van der Waals surface area contributed by atoms with Crippen LogP contribution >= 0.6 is 22.9 Å². The van der Waals surface area contributed by atoms with Gasteiger partial charge < -0.3 is 5.11 Å². The van der Waals surface area contributed by atoms with Crippen LogP contribution in [0.4, 0.5) is 5.69 Å². The van der Waals surface area contributed by atoms with Crippen molar-refractivity contribution in [2.45, 2.75) is 10.8 Å². The Morgan fingerprint density at radius 3 is 2.56 bits per heavy atom. The highest BCUT2D eigenvalue weighted by atomic mass is 35.5. The molecule has 0 spiro atoms. The monoisotopic (exact) mass is 303 g/mol. The maximum atomic E-state index is 12.0. The smallest absolute Gasteiger partial charge is 0.271 e. The van der Waals surface area contributed by atoms with Crippen LogP contribution in [-0.2, 0) is 16.6 Å². The van der Waals surface area contributed by atoms with Crippen LogP contribution in [0.25, 0.3) is 0 Å². The molecule has 4 nitrogen and oxygen atoms in total. The molecule has 0 unspecified atom stereocenters. The van der Waals surface area contributed by atoms with Gasteiger partial charge in [-0.15, -0.1) is 11.3 Å². The van der Waals surface area contributed by atoms with Crippen LogP contribution in [0.3, 0.4) is 0 Å². The van der Waals surface area contributed by atoms with E-state index in [-0.39, 0.29) is 10.8 Å². The van der Waals surface area contributed by atoms with Gasteiger partial charge in [0.05, 0.1) is 17.3 Å². The van der Waals surface area contributed by atoms with Gasteiger partial charge in [0.2, 0.25) is 0 Å². The van der Waals surface area contributed by atoms with E-state index in [1.807, 2.05) is 0 Å². The topological polar surface area (TPSA) is 66.4 Å². The van der Waals surface area contributed by atoms with E-state index in [9.17, 15) is 8.42 Å². The van der Waals surface area contributed by atoms with Crippen molar-refractivity contribution in [3.05, 3.63) is 46.3 Å². The number of hydrogen-bond acceptors (Lipinski definition) is 4. The number of rotatable bonds is 4. The molecule has 96 valence electrons. The van der Waals surface area contributed by atoms with Crippen molar-refractivity contribution in [3.63, 3.8) is 0 Å². The minimum absolute atomic E-state index is 0.145. The summed E-state index contributed by atoms with van der Waals surface area (Å²) in [6, 6.07) is 9.63. The van der Waals surface area contributed by atoms with Gasteiger partial charge in [0, 0.05) is 4.88 Å². The molecule has 7 heteroatoms. The fourth-order valence-corrected chi connectivity index (χ4v) is 3.86. The van der Waals surface area contributed by atoms with Crippen molar-refractivity contribution in [3.8, 4) is 0 Å². The molecule has 0 aliphatic rings. The quantitative estimate of drug-likeness (QED) is 0.912. The lowest BCUT2D eigenvalue weighted by Gasteiger charge is -2.07. The highest BCUT2D eigenvalue weighted by molar-refractivity contribution is 7.94. The molecule has 2 rings (SSSR count). The second-order valence-corrected chi connectivity index (χ2v) is 6.95. The zero-order valence-corrected chi connectivity index (χ0v) is 11.5. The second-order valence-electron chi connectivity index (χ2n) is 3.46. The van der Waals surface area contributed by atoms with Crippen LogP contribution in [0, 0.1) is 0 Å². The molecule has 0 aliphatic heterocycles. The average Bonchev–Trinajstić information content (AvgIpc) is 2.81. The molecular formula is C11H10ClNO3S2. The van der Waals surface area contributed by atoms with Crippen LogP contribution in [0.15, 0.2) is 40.6 Å². The van der Waals surface area contributed by atoms with E-state index in [0.29, 0.717) is 15.6 Å². The van der Waals surface area contributed by atoms with Crippen LogP contribution in [0.5, 0.6) is 0 Å². The molecule has 1 aromatic heterocycles. The van der Waals surface area contributed by atoms with Gasteiger partial charge in [0.25, 0.3) is 10.0 Å². The summed E-state index contributed by atoms with van der Waals surface area (Å²) in [5.41, 5.74) is 0.332. The molecule has 0 fully saturated rings. The molecule has 0 atom stereocenters. The molecule has 0 aliphatic carbocycles. The molecule has 0 radical (unpaired) electrons. The second kappa shape index (κ2) is 5.27. The van der Waals surface area contributed by atoms with Crippen molar-refractivity contribution >= 4 is 38.6 Å². The van der Waals surface area contributed by atoms with Crippen molar-refractivity contribution < 1.29 is 13.5 Å². The highest BCUT2D eigenvalue weighted by Gasteiger charge is 2.17. The first-order valence-corrected chi connectivity index (χ1v) is 7.67. The standard InChI is InChI=1S/C11H10ClNO3S2/c12-9-3-1-2-4-10(9)13-18(15,16)11-6-5-8(7-14)17-11/h1-6,13-14H,7H2. The lowest BCUT2D eigenvalue weighted by Crippen LogP contribution is -2.11. The number of anilines is 1. The number of hydrogen-bond donors (Lipinski definition) is 2. The first-order chi connectivity index (χ1) is 8.53. The van der Waals surface area contributed by atoms with Gasteiger partial charge in [0.15, 0.2) is 0 Å². The van der Waals surface area contributed by atoms with E-state index >= 15 is 0 Å². The van der Waals surface area contributed by atoms with Crippen LogP contribution in [-0.4, -0.2) is 13.5 Å². The predicted molar refractivity (Wildman–Crippen MR) is 72.5 cm³/mol. The van der Waals surface area contributed by atoms with Gasteiger partial charge in [0.1, 0.15) is 4.21 Å². The van der Waals surface area contributed by atoms with E-state index in [1.54, 1.807) is 30.3 Å². The number of halogens is 1. The summed E-state index contributed by atoms with van der Waals surface area (Å²) < 4.78 is 26.6. The summed E-state index contributed by atoms with van der Waals surface area (Å²) in [6.45, 7) is -0.174. The summed E-state index contributed by atoms with van der Waals surface area (Å²) in [5.74, 6) is 0. The number of thiophene rings is 1. The number of benzene rings is 1. The maximum absolute atomic E-state index is 12.0. The Balaban J connectivity index is 2.30. The van der Waals surface area contributed by atoms with Gasteiger partial charge >= 0.3 is 0 Å². The maximum Gasteiger partial charge on any atom is 0.271 e. The fraction of sp³-hybridized carbons (Fsp3) is 0.0909. The van der Waals surface area contributed by atoms with E-state index in [4.69, 9.17) is 16.7 Å². The molecule has 2 N–H and O–H groups in total. The van der Waals surface area contributed by atoms with Crippen molar-refractivity contribution in [1.29, 1.82) is 0 Å². The van der Waals surface area contributed by atoms with E-state index in [1.165, 1.54) is 6.07 Å². The molecule has 2 aromatic rings. The zero-order valence-electron chi connectivity index (χ0n) is 9.13. The van der Waals surface area contributed by atoms with Crippen LogP contribution in [0.2, 0.25) is 5.02 Å². The average molecular weight is 304 g/mol. The summed E-state index contributed by atoms with van der Waals surface area (Å²) in [6.07, 6.45) is 0. The fourth-order valence-electron chi connectivity index (χ4n) is 1.33. The Morgan fingerprint density at radius 1 is 1.22 bits per heavy atom. The van der Waals surface area contributed by atoms with Crippen molar-refractivity contribution in [2.24, 2.45) is 0 Å². The van der Waals surface area contributed by atoms with E-state index < -0.39 is 10.0 Å². The molecule has 18 heavy (non-hydrogen) atoms. The number of sulfonamides is 1. The van der Waals surface area contributed by atoms with Gasteiger partial charge in [-0.05, 0) is 24.3 Å². The molecular weight excluding hydrogens is 294 g/mol. The van der Waals surface area contributed by atoms with Crippen LogP contribution < -0.4 is 4.72 Å². The summed E-state index contributed by atoms with van der Waals surface area (Å²) in [5, 5.41) is 9.26. The minimum atomic E-state index is -3.65. The number of nitrogens with one attached hydrogen (secondary N) is 1. The lowest BCUT2D eigenvalue weighted by atomic mass is 10.3. The van der Waals surface area contributed by atoms with Crippen molar-refractivity contribution in [1.82, 2.24) is 0 Å². The van der Waals surface area contributed by atoms with Gasteiger partial charge in [-0.2, -0.15) is 0 Å². The zero-order chi connectivity index (χ0) is 13.2. The van der Waals surface area contributed by atoms with E-state index in [2.05, 4.69) is 4.72 Å². The summed E-state index contributed by atoms with van der Waals surface area (Å²) in [4.78, 5) is 0.592. The third-order valence-electron chi connectivity index (χ3n) is 2.18. The number of aliphatic hydroxyl groups excluding tert-OH is 1. The molecule has 0 saturated heterocycles. The van der Waals surface area contributed by atoms with E-state index in [0.717, 1.165) is 11.3 Å². The molecule has 0 bridgehead atoms. The first-order valence-electron chi connectivity index (χ1n) is 5.00. The van der Waals surface area contributed by atoms with Gasteiger partial charge in [-0.3, -0.25) is 4.72 Å². The van der Waals surface area contributed by atoms with Crippen molar-refractivity contribution in [2.75, 3.05) is 4.72 Å². The number of aliphatic hydroxyl groups is 1. The Hall–Kier alpha value is -1.08. The first kappa shape index (κ1) is 13.4. The molecule has 0 saturated carbocycles. The van der Waals surface area contributed by atoms with Gasteiger partial charge in [-0.25, -0.2) is 8.42 Å². The Bertz CT molecular complexity index is 652. The largest absolute Gasteiger partial charge is 0.391 e. The SMILES string of the molecule is O=S(=O)(Nc1ccccc1Cl)c1ccc(CO)s1. The Labute approximate surface area is 114 Å². The molecule has 1 aromatic carbocycles. The van der Waals surface area contributed by atoms with Crippen LogP contribution in [0.1, 0.15) is 4.88 Å². The lowest BCUT2D eigenvalue weighted by molar-refractivity contribution is 0.285. The predicted octanol–water partition coefficient (Wildman–Crippen LogP) is 2.69. The minimum Gasteiger partial charge on any atom is -0.391 e. The summed E-state index contributed by atoms with van der Waals surface area (Å²) in [7, 11) is -3.65. The molecule has 0 amide bonds. The molecule has 1 heterocycles.